The zero-order valence-corrected chi connectivity index (χ0v) is 17.6. The summed E-state index contributed by atoms with van der Waals surface area (Å²) in [6, 6.07) is 0. The first kappa shape index (κ1) is 21.0. The van der Waals surface area contributed by atoms with Gasteiger partial charge in [0.25, 0.3) is 0 Å². The van der Waals surface area contributed by atoms with Crippen LogP contribution in [0.25, 0.3) is 0 Å². The maximum absolute atomic E-state index is 11.5. The Morgan fingerprint density at radius 2 is 1.33 bits per heavy atom. The Morgan fingerprint density at radius 3 is 1.57 bits per heavy atom. The van der Waals surface area contributed by atoms with Crippen LogP contribution in [0, 0.1) is 0 Å². The average Bonchev–Trinajstić information content (AvgIpc) is 2.48. The van der Waals surface area contributed by atoms with E-state index < -0.39 is 24.3 Å². The summed E-state index contributed by atoms with van der Waals surface area (Å²) in [5.74, 6) is -0.757. The zero-order chi connectivity index (χ0) is 16.3. The number of hydrogen-bond acceptors (Lipinski definition) is 1. The quantitative estimate of drug-likeness (QED) is 0.291. The monoisotopic (exact) mass is 404 g/mol. The number of carboxylic acid groups (broad SMARTS) is 1. The summed E-state index contributed by atoms with van der Waals surface area (Å²) < 4.78 is 4.41. The van der Waals surface area contributed by atoms with Crippen LogP contribution in [-0.2, 0) is 4.79 Å². The molecule has 0 spiro atoms. The van der Waals surface area contributed by atoms with Crippen molar-refractivity contribution in [1.29, 1.82) is 0 Å². The Bertz CT molecular complexity index is 291. The molecule has 0 rings (SSSR count). The summed E-state index contributed by atoms with van der Waals surface area (Å²) in [5.41, 5.74) is 0.525. The zero-order valence-electron chi connectivity index (χ0n) is 14.7. The molecular weight excluding hydrogens is 367 g/mol. The molecule has 0 aliphatic heterocycles. The number of unbranched alkanes of at least 4 members (excludes halogenated alkanes) is 3. The summed E-state index contributed by atoms with van der Waals surface area (Å²) in [6.07, 6.45) is 8.53. The molecule has 3 heteroatoms. The van der Waals surface area contributed by atoms with Crippen molar-refractivity contribution in [3.8, 4) is 0 Å². The number of rotatable bonds is 13. The van der Waals surface area contributed by atoms with Crippen LogP contribution in [-0.4, -0.2) is 29.5 Å². The molecule has 21 heavy (non-hydrogen) atoms. The molecule has 0 radical (unpaired) electrons. The number of aliphatic carboxylic acids is 1. The van der Waals surface area contributed by atoms with Gasteiger partial charge in [0.05, 0.1) is 0 Å². The average molecular weight is 403 g/mol. The minimum atomic E-state index is -2.48. The second-order valence-corrected chi connectivity index (χ2v) is 20.5. The van der Waals surface area contributed by atoms with Crippen molar-refractivity contribution in [2.24, 2.45) is 0 Å². The first-order valence-electron chi connectivity index (χ1n) is 8.91. The van der Waals surface area contributed by atoms with Gasteiger partial charge >= 0.3 is 136 Å². The molecule has 1 N–H and O–H groups in total. The number of carboxylic acids is 1. The van der Waals surface area contributed by atoms with Gasteiger partial charge in [-0.2, -0.15) is 0 Å². The fourth-order valence-electron chi connectivity index (χ4n) is 3.68. The Balaban J connectivity index is 5.41. The maximum atomic E-state index is 11.5. The van der Waals surface area contributed by atoms with Gasteiger partial charge in [-0.3, -0.25) is 0 Å². The molecule has 0 saturated carbocycles. The van der Waals surface area contributed by atoms with Crippen LogP contribution in [0.4, 0.5) is 0 Å². The Labute approximate surface area is 136 Å². The molecule has 0 aromatic carbocycles. The van der Waals surface area contributed by atoms with E-state index in [4.69, 9.17) is 0 Å². The van der Waals surface area contributed by atoms with Crippen molar-refractivity contribution in [2.45, 2.75) is 89.9 Å². The standard InChI is InChI=1S/C6H9O2.3C4H9.Sn/c1-3-4-5(2)6(7)8;3*1-3-4-2;/h4H,2-3H2,1H3,(H,7,8);3*1,3-4H2,2H3;. The van der Waals surface area contributed by atoms with E-state index in [1.165, 1.54) is 51.8 Å². The van der Waals surface area contributed by atoms with Gasteiger partial charge in [-0.1, -0.05) is 0 Å². The fraction of sp³-hybridized carbons (Fsp3) is 0.833. The van der Waals surface area contributed by atoms with Crippen LogP contribution in [0.5, 0.6) is 0 Å². The fourth-order valence-corrected chi connectivity index (χ4v) is 22.8. The third kappa shape index (κ3) is 6.75. The molecule has 0 aliphatic carbocycles. The predicted octanol–water partition coefficient (Wildman–Crippen LogP) is 6.26. The molecule has 0 aromatic heterocycles. The summed E-state index contributed by atoms with van der Waals surface area (Å²) in [4.78, 5) is 11.5. The van der Waals surface area contributed by atoms with Gasteiger partial charge < -0.3 is 0 Å². The van der Waals surface area contributed by atoms with Crippen LogP contribution >= 0.6 is 0 Å². The second-order valence-electron chi connectivity index (χ2n) is 6.46. The molecule has 124 valence electrons. The predicted molar refractivity (Wildman–Crippen MR) is 95.7 cm³/mol. The summed E-state index contributed by atoms with van der Waals surface area (Å²) in [7, 11) is 0. The molecule has 0 fully saturated rings. The van der Waals surface area contributed by atoms with Crippen LogP contribution in [0.2, 0.25) is 17.2 Å². The number of hydrogen-bond donors (Lipinski definition) is 1. The minimum absolute atomic E-state index is 0.335. The van der Waals surface area contributed by atoms with Crippen molar-refractivity contribution in [1.82, 2.24) is 0 Å². The van der Waals surface area contributed by atoms with Crippen molar-refractivity contribution in [3.63, 3.8) is 0 Å². The van der Waals surface area contributed by atoms with Gasteiger partial charge in [0.1, 0.15) is 0 Å². The van der Waals surface area contributed by atoms with Gasteiger partial charge in [0, 0.05) is 0 Å². The molecule has 1 unspecified atom stereocenters. The van der Waals surface area contributed by atoms with E-state index in [0.29, 0.717) is 9.51 Å². The van der Waals surface area contributed by atoms with Crippen LogP contribution in [0.3, 0.4) is 0 Å². The van der Waals surface area contributed by atoms with Crippen LogP contribution in [0.15, 0.2) is 12.2 Å². The Hall–Kier alpha value is 0.00870. The van der Waals surface area contributed by atoms with E-state index in [2.05, 4.69) is 34.3 Å². The van der Waals surface area contributed by atoms with Crippen molar-refractivity contribution >= 4 is 24.3 Å². The summed E-state index contributed by atoms with van der Waals surface area (Å²) >= 11 is -2.48. The molecule has 1 atom stereocenters. The molecule has 0 bridgehead atoms. The van der Waals surface area contributed by atoms with Crippen molar-refractivity contribution < 1.29 is 9.90 Å². The normalized spacial score (nSPS) is 13.1. The van der Waals surface area contributed by atoms with E-state index in [1.54, 1.807) is 0 Å². The Morgan fingerprint density at radius 1 is 0.952 bits per heavy atom. The van der Waals surface area contributed by atoms with Gasteiger partial charge in [0.2, 0.25) is 0 Å². The van der Waals surface area contributed by atoms with Crippen LogP contribution in [0.1, 0.15) is 72.6 Å². The Kier molecular flexibility index (Phi) is 11.6. The molecule has 0 aliphatic rings. The van der Waals surface area contributed by atoms with E-state index in [1.807, 2.05) is 0 Å². The van der Waals surface area contributed by atoms with E-state index in [9.17, 15) is 9.90 Å². The van der Waals surface area contributed by atoms with Crippen LogP contribution < -0.4 is 0 Å². The van der Waals surface area contributed by atoms with E-state index >= 15 is 0 Å². The molecule has 0 aromatic rings. The third-order valence-corrected chi connectivity index (χ3v) is 22.9. The summed E-state index contributed by atoms with van der Waals surface area (Å²) in [5, 5.41) is 9.46. The molecule has 0 saturated heterocycles. The van der Waals surface area contributed by atoms with E-state index in [0.717, 1.165) is 6.42 Å². The SMILES string of the molecule is C=C(C(=O)O)[CH](CC)[Sn]([CH2]CCC)([CH2]CCC)[CH2]CCC. The van der Waals surface area contributed by atoms with Crippen molar-refractivity contribution in [2.75, 3.05) is 0 Å². The third-order valence-electron chi connectivity index (χ3n) is 4.93. The summed E-state index contributed by atoms with van der Waals surface area (Å²) in [6.45, 7) is 12.9. The van der Waals surface area contributed by atoms with Gasteiger partial charge in [0.15, 0.2) is 0 Å². The van der Waals surface area contributed by atoms with Gasteiger partial charge in [-0.15, -0.1) is 0 Å². The van der Waals surface area contributed by atoms with Gasteiger partial charge in [-0.25, -0.2) is 0 Å². The van der Waals surface area contributed by atoms with E-state index in [-0.39, 0.29) is 0 Å². The first-order chi connectivity index (χ1) is 9.98. The number of carbonyl (C=O) groups is 1. The van der Waals surface area contributed by atoms with Crippen molar-refractivity contribution in [3.05, 3.63) is 12.2 Å². The molecule has 0 amide bonds. The topological polar surface area (TPSA) is 37.3 Å². The molecule has 2 nitrogen and oxygen atoms in total. The molecule has 0 heterocycles. The van der Waals surface area contributed by atoms with Gasteiger partial charge in [-0.05, 0) is 0 Å². The first-order valence-corrected chi connectivity index (χ1v) is 16.6. The molecular formula is C18H36O2Sn. The second kappa shape index (κ2) is 11.6.